The first-order valence-corrected chi connectivity index (χ1v) is 4.33. The molecular weight excluding hydrogens is 174 g/mol. The van der Waals surface area contributed by atoms with E-state index in [-0.39, 0.29) is 5.54 Å². The molecular formula is C8H10ClN3. The summed E-state index contributed by atoms with van der Waals surface area (Å²) in [5, 5.41) is 3.59. The normalized spacial score (nSPS) is 18.8. The molecule has 1 aliphatic carbocycles. The predicted molar refractivity (Wildman–Crippen MR) is 48.3 cm³/mol. The number of rotatable bonds is 2. The lowest BCUT2D eigenvalue weighted by Crippen LogP contribution is -2.16. The molecule has 0 aliphatic heterocycles. The predicted octanol–water partition coefficient (Wildman–Crippen LogP) is 2.09. The zero-order valence-corrected chi connectivity index (χ0v) is 7.60. The maximum atomic E-state index is 5.63. The third-order valence-corrected chi connectivity index (χ3v) is 2.24. The molecule has 0 radical (unpaired) electrons. The monoisotopic (exact) mass is 183 g/mol. The molecule has 64 valence electrons. The van der Waals surface area contributed by atoms with E-state index in [2.05, 4.69) is 22.2 Å². The summed E-state index contributed by atoms with van der Waals surface area (Å²) in [6.45, 7) is 2.17. The minimum absolute atomic E-state index is 0.248. The molecule has 3 nitrogen and oxygen atoms in total. The first-order chi connectivity index (χ1) is 5.68. The van der Waals surface area contributed by atoms with Crippen molar-refractivity contribution in [3.05, 3.63) is 17.5 Å². The van der Waals surface area contributed by atoms with E-state index in [1.807, 2.05) is 6.07 Å². The maximum Gasteiger partial charge on any atom is 0.224 e. The first-order valence-electron chi connectivity index (χ1n) is 3.95. The first kappa shape index (κ1) is 7.80. The topological polar surface area (TPSA) is 37.8 Å². The highest BCUT2D eigenvalue weighted by molar-refractivity contribution is 6.28. The van der Waals surface area contributed by atoms with Crippen LogP contribution in [0.2, 0.25) is 5.28 Å². The van der Waals surface area contributed by atoms with Crippen LogP contribution in [0.15, 0.2) is 12.3 Å². The van der Waals surface area contributed by atoms with E-state index in [0.717, 1.165) is 5.82 Å². The lowest BCUT2D eigenvalue weighted by molar-refractivity contribution is 0.819. The van der Waals surface area contributed by atoms with Crippen LogP contribution < -0.4 is 5.32 Å². The van der Waals surface area contributed by atoms with Crippen molar-refractivity contribution in [1.82, 2.24) is 9.97 Å². The summed E-state index contributed by atoms with van der Waals surface area (Å²) in [7, 11) is 0. The largest absolute Gasteiger partial charge is 0.365 e. The summed E-state index contributed by atoms with van der Waals surface area (Å²) >= 11 is 5.63. The molecule has 1 fully saturated rings. The molecule has 1 saturated carbocycles. The van der Waals surface area contributed by atoms with Gasteiger partial charge in [-0.05, 0) is 37.4 Å². The van der Waals surface area contributed by atoms with Gasteiger partial charge in [-0.25, -0.2) is 9.97 Å². The van der Waals surface area contributed by atoms with Crippen LogP contribution in [0.25, 0.3) is 0 Å². The second-order valence-electron chi connectivity index (χ2n) is 3.40. The van der Waals surface area contributed by atoms with E-state index in [1.54, 1.807) is 6.20 Å². The Labute approximate surface area is 76.2 Å². The van der Waals surface area contributed by atoms with Crippen molar-refractivity contribution in [3.63, 3.8) is 0 Å². The fourth-order valence-corrected chi connectivity index (χ4v) is 1.17. The zero-order chi connectivity index (χ0) is 8.60. The van der Waals surface area contributed by atoms with Gasteiger partial charge in [0.25, 0.3) is 0 Å². The Balaban J connectivity index is 2.12. The number of aromatic nitrogens is 2. The van der Waals surface area contributed by atoms with Crippen molar-refractivity contribution in [1.29, 1.82) is 0 Å². The van der Waals surface area contributed by atoms with Crippen LogP contribution in [0, 0.1) is 0 Å². The van der Waals surface area contributed by atoms with Crippen LogP contribution in [0.5, 0.6) is 0 Å². The van der Waals surface area contributed by atoms with Gasteiger partial charge >= 0.3 is 0 Å². The number of halogens is 1. The van der Waals surface area contributed by atoms with E-state index in [0.29, 0.717) is 5.28 Å². The standard InChI is InChI=1S/C8H10ClN3/c1-8(3-4-8)12-6-2-5-10-7(9)11-6/h2,5H,3-4H2,1H3,(H,10,11,12). The Bertz CT molecular complexity index is 296. The van der Waals surface area contributed by atoms with Gasteiger partial charge in [0, 0.05) is 11.7 Å². The van der Waals surface area contributed by atoms with Gasteiger partial charge < -0.3 is 5.32 Å². The molecule has 2 rings (SSSR count). The molecule has 1 aromatic rings. The molecule has 12 heavy (non-hydrogen) atoms. The lowest BCUT2D eigenvalue weighted by Gasteiger charge is -2.11. The molecule has 0 aromatic carbocycles. The van der Waals surface area contributed by atoms with Gasteiger partial charge in [0.2, 0.25) is 5.28 Å². The third kappa shape index (κ3) is 1.67. The SMILES string of the molecule is CC1(Nc2ccnc(Cl)n2)CC1. The van der Waals surface area contributed by atoms with Crippen molar-refractivity contribution in [2.45, 2.75) is 25.3 Å². The fraction of sp³-hybridized carbons (Fsp3) is 0.500. The smallest absolute Gasteiger partial charge is 0.224 e. The molecule has 1 heterocycles. The quantitative estimate of drug-likeness (QED) is 0.714. The van der Waals surface area contributed by atoms with Crippen LogP contribution in [0.1, 0.15) is 19.8 Å². The Hall–Kier alpha value is -0.830. The van der Waals surface area contributed by atoms with E-state index in [1.165, 1.54) is 12.8 Å². The number of nitrogens with one attached hydrogen (secondary N) is 1. The average Bonchev–Trinajstić information content (AvgIpc) is 2.67. The maximum absolute atomic E-state index is 5.63. The minimum Gasteiger partial charge on any atom is -0.365 e. The van der Waals surface area contributed by atoms with E-state index in [9.17, 15) is 0 Å². The molecule has 0 atom stereocenters. The highest BCUT2D eigenvalue weighted by Crippen LogP contribution is 2.37. The van der Waals surface area contributed by atoms with Gasteiger partial charge in [-0.2, -0.15) is 0 Å². The summed E-state index contributed by atoms with van der Waals surface area (Å²) in [6, 6.07) is 1.83. The number of hydrogen-bond acceptors (Lipinski definition) is 3. The van der Waals surface area contributed by atoms with Crippen molar-refractivity contribution < 1.29 is 0 Å². The molecule has 0 amide bonds. The van der Waals surface area contributed by atoms with Crippen LogP contribution in [0.4, 0.5) is 5.82 Å². The second kappa shape index (κ2) is 2.59. The summed E-state index contributed by atoms with van der Waals surface area (Å²) in [5.41, 5.74) is 0.248. The number of hydrogen-bond donors (Lipinski definition) is 1. The van der Waals surface area contributed by atoms with Gasteiger partial charge in [-0.3, -0.25) is 0 Å². The highest BCUT2D eigenvalue weighted by atomic mass is 35.5. The molecule has 0 spiro atoms. The Morgan fingerprint density at radius 1 is 1.58 bits per heavy atom. The van der Waals surface area contributed by atoms with Crippen molar-refractivity contribution in [2.75, 3.05) is 5.32 Å². The summed E-state index contributed by atoms with van der Waals surface area (Å²) in [5.74, 6) is 0.815. The zero-order valence-electron chi connectivity index (χ0n) is 6.84. The second-order valence-corrected chi connectivity index (χ2v) is 3.73. The molecule has 0 unspecified atom stereocenters. The molecule has 1 aliphatic rings. The molecule has 0 saturated heterocycles. The Morgan fingerprint density at radius 3 is 2.92 bits per heavy atom. The lowest BCUT2D eigenvalue weighted by atomic mass is 10.3. The minimum atomic E-state index is 0.248. The third-order valence-electron chi connectivity index (χ3n) is 2.06. The van der Waals surface area contributed by atoms with Crippen LogP contribution in [-0.4, -0.2) is 15.5 Å². The molecule has 0 bridgehead atoms. The Morgan fingerprint density at radius 2 is 2.33 bits per heavy atom. The summed E-state index contributed by atoms with van der Waals surface area (Å²) in [6.07, 6.45) is 4.06. The average molecular weight is 184 g/mol. The van der Waals surface area contributed by atoms with Gasteiger partial charge in [0.1, 0.15) is 5.82 Å². The van der Waals surface area contributed by atoms with Crippen LogP contribution in [-0.2, 0) is 0 Å². The highest BCUT2D eigenvalue weighted by Gasteiger charge is 2.37. The van der Waals surface area contributed by atoms with Gasteiger partial charge in [0.05, 0.1) is 0 Å². The number of anilines is 1. The van der Waals surface area contributed by atoms with Crippen molar-refractivity contribution >= 4 is 17.4 Å². The molecule has 1 aromatic heterocycles. The van der Waals surface area contributed by atoms with E-state index < -0.39 is 0 Å². The van der Waals surface area contributed by atoms with Crippen molar-refractivity contribution in [2.24, 2.45) is 0 Å². The van der Waals surface area contributed by atoms with Crippen molar-refractivity contribution in [3.8, 4) is 0 Å². The summed E-state index contributed by atoms with van der Waals surface area (Å²) in [4.78, 5) is 7.85. The number of nitrogens with zero attached hydrogens (tertiary/aromatic N) is 2. The Kier molecular flexibility index (Phi) is 1.68. The fourth-order valence-electron chi connectivity index (χ4n) is 1.03. The van der Waals surface area contributed by atoms with Gasteiger partial charge in [-0.15, -0.1) is 0 Å². The van der Waals surface area contributed by atoms with Crippen LogP contribution in [0.3, 0.4) is 0 Å². The van der Waals surface area contributed by atoms with E-state index in [4.69, 9.17) is 11.6 Å². The summed E-state index contributed by atoms with van der Waals surface area (Å²) < 4.78 is 0. The van der Waals surface area contributed by atoms with E-state index >= 15 is 0 Å². The van der Waals surface area contributed by atoms with Gasteiger partial charge in [-0.1, -0.05) is 0 Å². The van der Waals surface area contributed by atoms with Gasteiger partial charge in [0.15, 0.2) is 0 Å². The van der Waals surface area contributed by atoms with Crippen LogP contribution >= 0.6 is 11.6 Å². The molecule has 4 heteroatoms. The molecule has 1 N–H and O–H groups in total.